The minimum Gasteiger partial charge on any atom is -0.480 e. The minimum absolute atomic E-state index is 0.0106. The molecule has 0 spiro atoms. The van der Waals surface area contributed by atoms with Crippen LogP contribution in [-0.2, 0) is 15.9 Å². The van der Waals surface area contributed by atoms with Gasteiger partial charge in [-0.2, -0.15) is 0 Å². The van der Waals surface area contributed by atoms with Crippen molar-refractivity contribution >= 4 is 5.97 Å². The summed E-state index contributed by atoms with van der Waals surface area (Å²) in [6.07, 6.45) is -0.0106. The Morgan fingerprint density at radius 2 is 1.42 bits per heavy atom. The van der Waals surface area contributed by atoms with Gasteiger partial charge >= 0.3 is 5.97 Å². The summed E-state index contributed by atoms with van der Waals surface area (Å²) in [5.74, 6) is -1.11. The summed E-state index contributed by atoms with van der Waals surface area (Å²) in [6, 6.07) is 17.2. The standard InChI is InChI=1S/C16H13FO2/c17-16(13-9-5-2-6-10-13)11-15(16,14(18)19)12-7-3-1-4-8-12/h1-10H,11H2,(H,18,19)/t15-,16-/m1/s1. The molecule has 1 fully saturated rings. The van der Waals surface area contributed by atoms with Crippen LogP contribution in [-0.4, -0.2) is 11.1 Å². The normalized spacial score (nSPS) is 28.9. The van der Waals surface area contributed by atoms with Gasteiger partial charge in [0, 0.05) is 6.42 Å². The molecule has 1 aliphatic rings. The van der Waals surface area contributed by atoms with E-state index in [-0.39, 0.29) is 6.42 Å². The third-order valence-electron chi connectivity index (χ3n) is 3.92. The van der Waals surface area contributed by atoms with E-state index in [4.69, 9.17) is 0 Å². The van der Waals surface area contributed by atoms with Crippen LogP contribution in [0, 0.1) is 0 Å². The monoisotopic (exact) mass is 256 g/mol. The molecule has 2 aromatic rings. The number of carboxylic acids is 1. The Hall–Kier alpha value is -2.16. The Morgan fingerprint density at radius 1 is 0.947 bits per heavy atom. The third kappa shape index (κ3) is 1.51. The van der Waals surface area contributed by atoms with Crippen LogP contribution >= 0.6 is 0 Å². The maximum atomic E-state index is 15.1. The number of hydrogen-bond donors (Lipinski definition) is 1. The summed E-state index contributed by atoms with van der Waals surface area (Å²) >= 11 is 0. The van der Waals surface area contributed by atoms with Gasteiger partial charge in [0.1, 0.15) is 5.41 Å². The second-order valence-electron chi connectivity index (χ2n) is 4.92. The van der Waals surface area contributed by atoms with Gasteiger partial charge in [0.05, 0.1) is 0 Å². The number of aliphatic carboxylic acids is 1. The second-order valence-corrected chi connectivity index (χ2v) is 4.92. The van der Waals surface area contributed by atoms with E-state index in [0.29, 0.717) is 11.1 Å². The second kappa shape index (κ2) is 3.92. The zero-order valence-corrected chi connectivity index (χ0v) is 10.2. The Balaban J connectivity index is 2.11. The summed E-state index contributed by atoms with van der Waals surface area (Å²) in [7, 11) is 0. The van der Waals surface area contributed by atoms with Crippen LogP contribution in [0.15, 0.2) is 60.7 Å². The maximum absolute atomic E-state index is 15.1. The van der Waals surface area contributed by atoms with E-state index in [9.17, 15) is 9.90 Å². The van der Waals surface area contributed by atoms with E-state index in [1.54, 1.807) is 60.7 Å². The van der Waals surface area contributed by atoms with Crippen LogP contribution in [0.25, 0.3) is 0 Å². The van der Waals surface area contributed by atoms with Gasteiger partial charge in [0.15, 0.2) is 5.67 Å². The predicted octanol–water partition coefficient (Wildman–Crippen LogP) is 3.28. The molecule has 0 saturated heterocycles. The molecule has 0 aromatic heterocycles. The molecule has 2 aromatic carbocycles. The van der Waals surface area contributed by atoms with E-state index in [0.717, 1.165) is 0 Å². The van der Waals surface area contributed by atoms with Gasteiger partial charge in [-0.05, 0) is 11.1 Å². The van der Waals surface area contributed by atoms with Gasteiger partial charge in [-0.15, -0.1) is 0 Å². The molecule has 1 saturated carbocycles. The molecule has 0 heterocycles. The van der Waals surface area contributed by atoms with Crippen molar-refractivity contribution in [1.82, 2.24) is 0 Å². The molecular weight excluding hydrogens is 243 g/mol. The molecular formula is C16H13FO2. The van der Waals surface area contributed by atoms with Crippen molar-refractivity contribution < 1.29 is 14.3 Å². The summed E-state index contributed by atoms with van der Waals surface area (Å²) in [5.41, 5.74) is -2.31. The van der Waals surface area contributed by atoms with Crippen LogP contribution in [0.2, 0.25) is 0 Å². The Morgan fingerprint density at radius 3 is 1.89 bits per heavy atom. The first-order valence-electron chi connectivity index (χ1n) is 6.15. The summed E-state index contributed by atoms with van der Waals surface area (Å²) in [6.45, 7) is 0. The summed E-state index contributed by atoms with van der Waals surface area (Å²) in [4.78, 5) is 11.6. The topological polar surface area (TPSA) is 37.3 Å². The molecule has 3 heteroatoms. The molecule has 19 heavy (non-hydrogen) atoms. The summed E-state index contributed by atoms with van der Waals surface area (Å²) < 4.78 is 15.1. The van der Waals surface area contributed by atoms with Crippen molar-refractivity contribution in [3.8, 4) is 0 Å². The third-order valence-corrected chi connectivity index (χ3v) is 3.92. The van der Waals surface area contributed by atoms with Crippen LogP contribution in [0.1, 0.15) is 17.5 Å². The molecule has 0 unspecified atom stereocenters. The lowest BCUT2D eigenvalue weighted by Crippen LogP contribution is -2.28. The average molecular weight is 256 g/mol. The highest BCUT2D eigenvalue weighted by atomic mass is 19.1. The van der Waals surface area contributed by atoms with Crippen LogP contribution in [0.4, 0.5) is 4.39 Å². The lowest BCUT2D eigenvalue weighted by molar-refractivity contribution is -0.141. The van der Waals surface area contributed by atoms with Crippen molar-refractivity contribution in [3.63, 3.8) is 0 Å². The Labute approximate surface area is 110 Å². The highest BCUT2D eigenvalue weighted by Gasteiger charge is 2.75. The fourth-order valence-electron chi connectivity index (χ4n) is 2.79. The van der Waals surface area contributed by atoms with Crippen molar-refractivity contribution in [1.29, 1.82) is 0 Å². The van der Waals surface area contributed by atoms with E-state index in [1.165, 1.54) is 0 Å². The molecule has 1 aliphatic carbocycles. The van der Waals surface area contributed by atoms with E-state index < -0.39 is 17.1 Å². The molecule has 1 N–H and O–H groups in total. The van der Waals surface area contributed by atoms with Gasteiger partial charge in [-0.1, -0.05) is 60.7 Å². The minimum atomic E-state index is -1.82. The van der Waals surface area contributed by atoms with Crippen molar-refractivity contribution in [2.75, 3.05) is 0 Å². The van der Waals surface area contributed by atoms with Gasteiger partial charge in [0.2, 0.25) is 0 Å². The van der Waals surface area contributed by atoms with E-state index in [1.807, 2.05) is 0 Å². The average Bonchev–Trinajstić information content (AvgIpc) is 3.10. The van der Waals surface area contributed by atoms with Crippen LogP contribution in [0.5, 0.6) is 0 Å². The number of hydrogen-bond acceptors (Lipinski definition) is 1. The zero-order valence-electron chi connectivity index (χ0n) is 10.2. The van der Waals surface area contributed by atoms with Gasteiger partial charge in [-0.25, -0.2) is 4.39 Å². The SMILES string of the molecule is O=C(O)[C@]1(c2ccccc2)C[C@@]1(F)c1ccccc1. The fourth-order valence-corrected chi connectivity index (χ4v) is 2.79. The molecule has 3 rings (SSSR count). The van der Waals surface area contributed by atoms with Gasteiger partial charge < -0.3 is 5.11 Å². The van der Waals surface area contributed by atoms with Gasteiger partial charge in [-0.3, -0.25) is 4.79 Å². The van der Waals surface area contributed by atoms with Gasteiger partial charge in [0.25, 0.3) is 0 Å². The Bertz CT molecular complexity index is 611. The van der Waals surface area contributed by atoms with Crippen molar-refractivity contribution in [2.45, 2.75) is 17.5 Å². The molecule has 0 aliphatic heterocycles. The Kier molecular flexibility index (Phi) is 2.45. The zero-order chi connectivity index (χ0) is 13.5. The molecule has 96 valence electrons. The molecule has 0 amide bonds. The molecule has 0 bridgehead atoms. The number of benzene rings is 2. The molecule has 2 atom stereocenters. The number of alkyl halides is 1. The molecule has 0 radical (unpaired) electrons. The number of rotatable bonds is 3. The first kappa shape index (κ1) is 11.9. The first-order chi connectivity index (χ1) is 9.11. The molecule has 2 nitrogen and oxygen atoms in total. The van der Waals surface area contributed by atoms with Crippen LogP contribution in [0.3, 0.4) is 0 Å². The smallest absolute Gasteiger partial charge is 0.317 e. The number of halogens is 1. The van der Waals surface area contributed by atoms with Crippen LogP contribution < -0.4 is 0 Å². The lowest BCUT2D eigenvalue weighted by Gasteiger charge is -2.17. The number of carbonyl (C=O) groups is 1. The van der Waals surface area contributed by atoms with E-state index >= 15 is 4.39 Å². The van der Waals surface area contributed by atoms with Crippen molar-refractivity contribution in [3.05, 3.63) is 71.8 Å². The fraction of sp³-hybridized carbons (Fsp3) is 0.188. The largest absolute Gasteiger partial charge is 0.480 e. The number of carboxylic acid groups (broad SMARTS) is 1. The lowest BCUT2D eigenvalue weighted by atomic mass is 9.89. The highest BCUT2D eigenvalue weighted by Crippen LogP contribution is 2.66. The summed E-state index contributed by atoms with van der Waals surface area (Å²) in [5, 5.41) is 9.51. The predicted molar refractivity (Wildman–Crippen MR) is 69.6 cm³/mol. The highest BCUT2D eigenvalue weighted by molar-refractivity contribution is 5.89. The first-order valence-corrected chi connectivity index (χ1v) is 6.15. The van der Waals surface area contributed by atoms with E-state index in [2.05, 4.69) is 0 Å². The maximum Gasteiger partial charge on any atom is 0.317 e. The van der Waals surface area contributed by atoms with Crippen molar-refractivity contribution in [2.24, 2.45) is 0 Å². The quantitative estimate of drug-likeness (QED) is 0.915.